The number of fused-ring (bicyclic) bond motifs is 1. The summed E-state index contributed by atoms with van der Waals surface area (Å²) in [5, 5.41) is 11.7. The highest BCUT2D eigenvalue weighted by atomic mass is 35.5. The third-order valence-electron chi connectivity index (χ3n) is 5.43. The lowest BCUT2D eigenvalue weighted by Gasteiger charge is -2.28. The molecule has 2 atom stereocenters. The zero-order chi connectivity index (χ0) is 19.2. The Bertz CT molecular complexity index is 854. The van der Waals surface area contributed by atoms with Gasteiger partial charge in [0.25, 0.3) is 11.6 Å². The average molecular weight is 407 g/mol. The molecule has 1 saturated carbocycles. The van der Waals surface area contributed by atoms with Crippen LogP contribution in [0.2, 0.25) is 0 Å². The minimum Gasteiger partial charge on any atom is -0.349 e. The van der Waals surface area contributed by atoms with E-state index in [4.69, 9.17) is 4.52 Å². The second-order valence-electron chi connectivity index (χ2n) is 9.47. The van der Waals surface area contributed by atoms with E-state index in [0.717, 1.165) is 55.4 Å². The molecule has 1 aliphatic heterocycles. The van der Waals surface area contributed by atoms with Crippen LogP contribution in [-0.2, 0) is 6.42 Å². The fourth-order valence-electron chi connectivity index (χ4n) is 3.95. The number of aromatic nitrogens is 2. The lowest BCUT2D eigenvalue weighted by Crippen LogP contribution is -2.46. The van der Waals surface area contributed by atoms with Gasteiger partial charge in [-0.2, -0.15) is 0 Å². The van der Waals surface area contributed by atoms with Crippen LogP contribution in [0.4, 0.5) is 0 Å². The Morgan fingerprint density at radius 3 is 2.71 bits per heavy atom. The molecule has 2 aromatic rings. The van der Waals surface area contributed by atoms with Crippen LogP contribution in [0, 0.1) is 5.41 Å². The maximum absolute atomic E-state index is 13.2. The molecule has 2 aromatic heterocycles. The van der Waals surface area contributed by atoms with Gasteiger partial charge in [-0.1, -0.05) is 25.9 Å². The van der Waals surface area contributed by atoms with E-state index < -0.39 is 0 Å². The summed E-state index contributed by atoms with van der Waals surface area (Å²) >= 11 is 0. The van der Waals surface area contributed by atoms with E-state index in [2.05, 4.69) is 48.5 Å². The van der Waals surface area contributed by atoms with Crippen molar-refractivity contribution >= 4 is 29.4 Å². The van der Waals surface area contributed by atoms with Crippen molar-refractivity contribution in [1.29, 1.82) is 0 Å². The number of hydrogen-bond acceptors (Lipinski definition) is 5. The van der Waals surface area contributed by atoms with Gasteiger partial charge in [0.1, 0.15) is 0 Å². The second-order valence-corrected chi connectivity index (χ2v) is 9.47. The third-order valence-corrected chi connectivity index (χ3v) is 5.43. The highest BCUT2D eigenvalue weighted by Crippen LogP contribution is 2.41. The zero-order valence-corrected chi connectivity index (χ0v) is 18.0. The number of halogens is 1. The first kappa shape index (κ1) is 21.1. The molecule has 2 unspecified atom stereocenters. The quantitative estimate of drug-likeness (QED) is 0.802. The number of nitrogens with one attached hydrogen (secondary N) is 2. The van der Waals surface area contributed by atoms with Crippen molar-refractivity contribution in [2.24, 2.45) is 5.41 Å². The van der Waals surface area contributed by atoms with Gasteiger partial charge in [0.2, 0.25) is 0 Å². The van der Waals surface area contributed by atoms with Crippen molar-refractivity contribution in [3.63, 3.8) is 0 Å². The number of pyridine rings is 1. The first-order valence-corrected chi connectivity index (χ1v) is 10.1. The number of carbonyl (C=O) groups excluding carboxylic acids is 1. The molecule has 2 aliphatic rings. The summed E-state index contributed by atoms with van der Waals surface area (Å²) in [6, 6.07) is 2.60. The van der Waals surface area contributed by atoms with Gasteiger partial charge in [-0.05, 0) is 57.1 Å². The van der Waals surface area contributed by atoms with Gasteiger partial charge in [0, 0.05) is 23.7 Å². The minimum absolute atomic E-state index is 0. The van der Waals surface area contributed by atoms with Gasteiger partial charge in [0.15, 0.2) is 0 Å². The molecule has 2 fully saturated rings. The maximum Gasteiger partial charge on any atom is 0.259 e. The predicted molar refractivity (Wildman–Crippen MR) is 112 cm³/mol. The molecule has 4 rings (SSSR count). The third kappa shape index (κ3) is 4.66. The standard InChI is InChI=1S/C21H30N4O2.ClH/c1-12-9-14(7-8-22-12)23-19(26)15-10-16(13-5-6-13)24-20-18(15)17(25-27-20)11-21(2,3)4;/h10,12-14,22H,5-9,11H2,1-4H3,(H,23,26);1H. The maximum atomic E-state index is 13.2. The van der Waals surface area contributed by atoms with E-state index in [9.17, 15) is 4.79 Å². The smallest absolute Gasteiger partial charge is 0.259 e. The topological polar surface area (TPSA) is 80.1 Å². The Labute approximate surface area is 172 Å². The summed E-state index contributed by atoms with van der Waals surface area (Å²) < 4.78 is 5.56. The number of piperidine rings is 1. The predicted octanol–water partition coefficient (Wildman–Crippen LogP) is 3.98. The number of carbonyl (C=O) groups is 1. The number of nitrogens with zero attached hydrogens (tertiary/aromatic N) is 2. The molecule has 0 spiro atoms. The van der Waals surface area contributed by atoms with Crippen LogP contribution >= 0.6 is 12.4 Å². The summed E-state index contributed by atoms with van der Waals surface area (Å²) in [5.41, 5.74) is 3.02. The van der Waals surface area contributed by atoms with Crippen LogP contribution in [0.3, 0.4) is 0 Å². The van der Waals surface area contributed by atoms with Crippen molar-refractivity contribution in [3.8, 4) is 0 Å². The molecule has 28 heavy (non-hydrogen) atoms. The number of amides is 1. The van der Waals surface area contributed by atoms with Gasteiger partial charge in [-0.15, -0.1) is 12.4 Å². The summed E-state index contributed by atoms with van der Waals surface area (Å²) in [6.45, 7) is 9.59. The van der Waals surface area contributed by atoms with Crippen LogP contribution in [0.15, 0.2) is 10.6 Å². The molecule has 2 N–H and O–H groups in total. The van der Waals surface area contributed by atoms with Crippen LogP contribution in [0.1, 0.15) is 81.0 Å². The molecule has 1 aliphatic carbocycles. The number of hydrogen-bond donors (Lipinski definition) is 2. The zero-order valence-electron chi connectivity index (χ0n) is 17.2. The fourth-order valence-corrected chi connectivity index (χ4v) is 3.95. The first-order valence-electron chi connectivity index (χ1n) is 10.1. The number of rotatable bonds is 4. The van der Waals surface area contributed by atoms with Crippen LogP contribution < -0.4 is 10.6 Å². The molecule has 1 amide bonds. The van der Waals surface area contributed by atoms with Crippen molar-refractivity contribution in [2.75, 3.05) is 6.54 Å². The molecule has 7 heteroatoms. The van der Waals surface area contributed by atoms with E-state index >= 15 is 0 Å². The van der Waals surface area contributed by atoms with E-state index in [-0.39, 0.29) is 29.8 Å². The van der Waals surface area contributed by atoms with Crippen molar-refractivity contribution in [3.05, 3.63) is 23.0 Å². The van der Waals surface area contributed by atoms with Gasteiger partial charge in [0.05, 0.1) is 16.6 Å². The summed E-state index contributed by atoms with van der Waals surface area (Å²) in [4.78, 5) is 17.9. The Kier molecular flexibility index (Phi) is 6.01. The summed E-state index contributed by atoms with van der Waals surface area (Å²) in [6.07, 6.45) is 4.92. The van der Waals surface area contributed by atoms with Crippen molar-refractivity contribution in [1.82, 2.24) is 20.8 Å². The SMILES string of the molecule is CC1CC(NC(=O)c2cc(C3CC3)nc3onc(CC(C)(C)C)c23)CCN1.Cl. The van der Waals surface area contributed by atoms with Gasteiger partial charge < -0.3 is 15.2 Å². The molecular weight excluding hydrogens is 376 g/mol. The molecule has 0 bridgehead atoms. The Morgan fingerprint density at radius 2 is 2.07 bits per heavy atom. The van der Waals surface area contributed by atoms with Crippen LogP contribution in [0.25, 0.3) is 11.1 Å². The van der Waals surface area contributed by atoms with Gasteiger partial charge >= 0.3 is 0 Å². The molecule has 0 radical (unpaired) electrons. The Balaban J connectivity index is 0.00000225. The Morgan fingerprint density at radius 1 is 1.32 bits per heavy atom. The molecule has 154 valence electrons. The molecule has 0 aromatic carbocycles. The van der Waals surface area contributed by atoms with E-state index in [1.807, 2.05) is 6.07 Å². The van der Waals surface area contributed by atoms with Gasteiger partial charge in [-0.25, -0.2) is 4.98 Å². The summed E-state index contributed by atoms with van der Waals surface area (Å²) in [7, 11) is 0. The minimum atomic E-state index is -0.0261. The molecule has 1 saturated heterocycles. The molecular formula is C21H31ClN4O2. The molecule has 6 nitrogen and oxygen atoms in total. The average Bonchev–Trinajstić information content (AvgIpc) is 3.36. The van der Waals surface area contributed by atoms with E-state index in [0.29, 0.717) is 23.2 Å². The monoisotopic (exact) mass is 406 g/mol. The second kappa shape index (κ2) is 7.99. The summed E-state index contributed by atoms with van der Waals surface area (Å²) in [5.74, 6) is 0.428. The van der Waals surface area contributed by atoms with Crippen molar-refractivity contribution < 1.29 is 9.32 Å². The van der Waals surface area contributed by atoms with E-state index in [1.165, 1.54) is 0 Å². The highest BCUT2D eigenvalue weighted by Gasteiger charge is 2.30. The largest absolute Gasteiger partial charge is 0.349 e. The van der Waals surface area contributed by atoms with Crippen LogP contribution in [0.5, 0.6) is 0 Å². The highest BCUT2D eigenvalue weighted by molar-refractivity contribution is 6.06. The normalized spacial score (nSPS) is 22.7. The van der Waals surface area contributed by atoms with E-state index in [1.54, 1.807) is 0 Å². The van der Waals surface area contributed by atoms with Crippen LogP contribution in [-0.4, -0.2) is 34.7 Å². The first-order chi connectivity index (χ1) is 12.8. The van der Waals surface area contributed by atoms with Gasteiger partial charge in [-0.3, -0.25) is 4.79 Å². The van der Waals surface area contributed by atoms with Crippen molar-refractivity contribution in [2.45, 2.75) is 77.8 Å². The fraction of sp³-hybridized carbons (Fsp3) is 0.667. The molecule has 3 heterocycles. The Hall–Kier alpha value is -1.66. The lowest BCUT2D eigenvalue weighted by atomic mass is 9.89. The lowest BCUT2D eigenvalue weighted by molar-refractivity contribution is 0.0927.